The third-order valence-corrected chi connectivity index (χ3v) is 5.31. The minimum absolute atomic E-state index is 0.319. The quantitative estimate of drug-likeness (QED) is 0.670. The number of likely N-dealkylation sites (N-methyl/N-ethyl adjacent to an activating group) is 1. The van der Waals surface area contributed by atoms with Crippen LogP contribution in [0.15, 0.2) is 12.2 Å². The smallest absolute Gasteiger partial charge is 0.0359 e. The van der Waals surface area contributed by atoms with E-state index in [1.165, 1.54) is 37.7 Å². The van der Waals surface area contributed by atoms with Crippen LogP contribution in [0.2, 0.25) is 0 Å². The molecule has 1 rings (SSSR count). The maximum absolute atomic E-state index is 4.26. The van der Waals surface area contributed by atoms with Crippen LogP contribution in [0.4, 0.5) is 0 Å². The Kier molecular flexibility index (Phi) is 7.25. The van der Waals surface area contributed by atoms with E-state index in [0.717, 1.165) is 25.3 Å². The molecule has 0 aliphatic heterocycles. The van der Waals surface area contributed by atoms with Crippen molar-refractivity contribution in [2.45, 2.75) is 77.3 Å². The van der Waals surface area contributed by atoms with Crippen LogP contribution in [-0.4, -0.2) is 37.1 Å². The molecular weight excluding hydrogens is 244 g/mol. The average Bonchev–Trinajstić information content (AvgIpc) is 2.44. The van der Waals surface area contributed by atoms with Gasteiger partial charge in [0, 0.05) is 11.6 Å². The van der Waals surface area contributed by atoms with Crippen LogP contribution < -0.4 is 5.32 Å². The van der Waals surface area contributed by atoms with E-state index in [2.05, 4.69) is 51.7 Å². The molecule has 0 bridgehead atoms. The summed E-state index contributed by atoms with van der Waals surface area (Å²) in [4.78, 5) is 2.50. The Morgan fingerprint density at radius 2 is 1.90 bits per heavy atom. The van der Waals surface area contributed by atoms with E-state index < -0.39 is 0 Å². The van der Waals surface area contributed by atoms with Crippen LogP contribution >= 0.6 is 0 Å². The molecule has 0 aromatic carbocycles. The SMILES string of the molecule is C=C(CC)CC(NCCC)C1(N(C)C)CCC(C)CC1. The summed E-state index contributed by atoms with van der Waals surface area (Å²) in [6.07, 6.45) is 8.80. The van der Waals surface area contributed by atoms with E-state index in [4.69, 9.17) is 0 Å². The van der Waals surface area contributed by atoms with Crippen molar-refractivity contribution in [2.24, 2.45) is 5.92 Å². The Labute approximate surface area is 127 Å². The first-order valence-electron chi connectivity index (χ1n) is 8.53. The summed E-state index contributed by atoms with van der Waals surface area (Å²) < 4.78 is 0. The van der Waals surface area contributed by atoms with Gasteiger partial charge in [-0.1, -0.05) is 32.9 Å². The summed E-state index contributed by atoms with van der Waals surface area (Å²) in [6, 6.07) is 0.553. The molecule has 0 amide bonds. The van der Waals surface area contributed by atoms with Crippen LogP contribution in [0.25, 0.3) is 0 Å². The molecule has 118 valence electrons. The first-order valence-corrected chi connectivity index (χ1v) is 8.53. The monoisotopic (exact) mass is 280 g/mol. The minimum atomic E-state index is 0.319. The fourth-order valence-electron chi connectivity index (χ4n) is 3.57. The highest BCUT2D eigenvalue weighted by atomic mass is 15.2. The van der Waals surface area contributed by atoms with E-state index >= 15 is 0 Å². The second-order valence-electron chi connectivity index (χ2n) is 6.99. The number of nitrogens with zero attached hydrogens (tertiary/aromatic N) is 1. The molecule has 0 aromatic heterocycles. The van der Waals surface area contributed by atoms with Crippen molar-refractivity contribution in [1.29, 1.82) is 0 Å². The number of rotatable bonds is 8. The van der Waals surface area contributed by atoms with Gasteiger partial charge in [0.15, 0.2) is 0 Å². The topological polar surface area (TPSA) is 15.3 Å². The molecule has 1 saturated carbocycles. The molecule has 1 aliphatic rings. The first-order chi connectivity index (χ1) is 9.46. The van der Waals surface area contributed by atoms with Gasteiger partial charge in [0.05, 0.1) is 0 Å². The highest BCUT2D eigenvalue weighted by molar-refractivity contribution is 5.08. The molecule has 2 heteroatoms. The van der Waals surface area contributed by atoms with Crippen molar-refractivity contribution in [2.75, 3.05) is 20.6 Å². The number of nitrogens with one attached hydrogen (secondary N) is 1. The van der Waals surface area contributed by atoms with Crippen LogP contribution in [0, 0.1) is 5.92 Å². The van der Waals surface area contributed by atoms with E-state index in [1.807, 2.05) is 0 Å². The van der Waals surface area contributed by atoms with Gasteiger partial charge in [-0.3, -0.25) is 0 Å². The molecular formula is C18H36N2. The predicted molar refractivity (Wildman–Crippen MR) is 90.2 cm³/mol. The molecule has 20 heavy (non-hydrogen) atoms. The van der Waals surface area contributed by atoms with Gasteiger partial charge in [-0.25, -0.2) is 0 Å². The highest BCUT2D eigenvalue weighted by Crippen LogP contribution is 2.39. The van der Waals surface area contributed by atoms with Crippen molar-refractivity contribution in [3.63, 3.8) is 0 Å². The lowest BCUT2D eigenvalue weighted by atomic mass is 9.70. The Bertz CT molecular complexity index is 288. The first kappa shape index (κ1) is 17.7. The lowest BCUT2D eigenvalue weighted by molar-refractivity contribution is 0.0433. The zero-order valence-electron chi connectivity index (χ0n) is 14.5. The van der Waals surface area contributed by atoms with Crippen molar-refractivity contribution >= 4 is 0 Å². The second-order valence-corrected chi connectivity index (χ2v) is 6.99. The third kappa shape index (κ3) is 4.33. The summed E-state index contributed by atoms with van der Waals surface area (Å²) in [6.45, 7) is 12.3. The van der Waals surface area contributed by atoms with Crippen LogP contribution in [0.5, 0.6) is 0 Å². The van der Waals surface area contributed by atoms with Crippen molar-refractivity contribution in [3.8, 4) is 0 Å². The summed E-state index contributed by atoms with van der Waals surface area (Å²) in [7, 11) is 4.54. The fraction of sp³-hybridized carbons (Fsp3) is 0.889. The Morgan fingerprint density at radius 1 is 1.30 bits per heavy atom. The summed E-state index contributed by atoms with van der Waals surface area (Å²) in [5.74, 6) is 0.893. The lowest BCUT2D eigenvalue weighted by Gasteiger charge is -2.50. The van der Waals surface area contributed by atoms with E-state index in [9.17, 15) is 0 Å². The maximum atomic E-state index is 4.26. The third-order valence-electron chi connectivity index (χ3n) is 5.31. The molecule has 0 saturated heterocycles. The maximum Gasteiger partial charge on any atom is 0.0359 e. The standard InChI is InChI=1S/C18H36N2/c1-7-13-19-17(14-15(3)8-2)18(20(5)6)11-9-16(4)10-12-18/h16-17,19H,3,7-14H2,1-2,4-6H3. The Morgan fingerprint density at radius 3 is 2.35 bits per heavy atom. The Hall–Kier alpha value is -0.340. The van der Waals surface area contributed by atoms with Gasteiger partial charge in [-0.15, -0.1) is 0 Å². The molecule has 1 unspecified atom stereocenters. The summed E-state index contributed by atoms with van der Waals surface area (Å²) in [5.41, 5.74) is 1.71. The van der Waals surface area contributed by atoms with Gasteiger partial charge in [0.1, 0.15) is 0 Å². The molecule has 1 atom stereocenters. The predicted octanol–water partition coefficient (Wildman–Crippen LogP) is 4.22. The van der Waals surface area contributed by atoms with Gasteiger partial charge in [0.2, 0.25) is 0 Å². The molecule has 0 aromatic rings. The zero-order valence-corrected chi connectivity index (χ0v) is 14.5. The molecule has 0 radical (unpaired) electrons. The van der Waals surface area contributed by atoms with Gasteiger partial charge in [-0.05, 0) is 71.5 Å². The van der Waals surface area contributed by atoms with Crippen LogP contribution in [0.3, 0.4) is 0 Å². The van der Waals surface area contributed by atoms with Crippen LogP contribution in [-0.2, 0) is 0 Å². The van der Waals surface area contributed by atoms with E-state index in [1.54, 1.807) is 0 Å². The molecule has 1 N–H and O–H groups in total. The Balaban J connectivity index is 2.88. The van der Waals surface area contributed by atoms with Crippen molar-refractivity contribution in [3.05, 3.63) is 12.2 Å². The van der Waals surface area contributed by atoms with Crippen molar-refractivity contribution < 1.29 is 0 Å². The van der Waals surface area contributed by atoms with Gasteiger partial charge < -0.3 is 10.2 Å². The van der Waals surface area contributed by atoms with Gasteiger partial charge >= 0.3 is 0 Å². The minimum Gasteiger partial charge on any atom is -0.312 e. The fourth-order valence-corrected chi connectivity index (χ4v) is 3.57. The average molecular weight is 281 g/mol. The van der Waals surface area contributed by atoms with E-state index in [0.29, 0.717) is 11.6 Å². The normalized spacial score (nSPS) is 28.6. The molecule has 0 heterocycles. The zero-order chi connectivity index (χ0) is 15.2. The van der Waals surface area contributed by atoms with Gasteiger partial charge in [-0.2, -0.15) is 0 Å². The highest BCUT2D eigenvalue weighted by Gasteiger charge is 2.42. The molecule has 0 spiro atoms. The molecule has 1 fully saturated rings. The van der Waals surface area contributed by atoms with Gasteiger partial charge in [0.25, 0.3) is 0 Å². The van der Waals surface area contributed by atoms with E-state index in [-0.39, 0.29) is 0 Å². The largest absolute Gasteiger partial charge is 0.312 e. The van der Waals surface area contributed by atoms with Crippen molar-refractivity contribution in [1.82, 2.24) is 10.2 Å². The molecule has 2 nitrogen and oxygen atoms in total. The summed E-state index contributed by atoms with van der Waals surface area (Å²) >= 11 is 0. The lowest BCUT2D eigenvalue weighted by Crippen LogP contribution is -2.60. The number of hydrogen-bond acceptors (Lipinski definition) is 2. The molecule has 1 aliphatic carbocycles. The second kappa shape index (κ2) is 8.19. The number of hydrogen-bond donors (Lipinski definition) is 1. The van der Waals surface area contributed by atoms with Crippen LogP contribution in [0.1, 0.15) is 65.7 Å². The summed E-state index contributed by atoms with van der Waals surface area (Å²) in [5, 5.41) is 3.84.